The molecule has 12 nitrogen and oxygen atoms in total. The Morgan fingerprint density at radius 2 is 0.494 bits per heavy atom. The standard InChI is InChI=1S/C12H17BO2.2C11H15BO2.2C10H13BO2.C9H11BO2/c1-4-12-8-14-13(15-12)11-6-9(2)5-10(3)7-11;2*1-8-4-9(2)6-11(5-8)12-13-7-10(3)14-12;2*1-2-10-8-12-11(13-10)9-6-4-3-5-7-9;1-8-7-11-10(12-8)9-5-3-2-4-6-9/h5-7,12H,4,8H2,1-3H3;2*4-6,10H,7H2,1-3H3;2*3-7,10H,2,8H2,1H3;2-6,8H,7H2,1H3. The van der Waals surface area contributed by atoms with E-state index in [4.69, 9.17) is 55.9 Å². The molecule has 6 aromatic rings. The lowest BCUT2D eigenvalue weighted by atomic mass is 9.78. The van der Waals surface area contributed by atoms with Crippen LogP contribution in [0.15, 0.2) is 146 Å². The predicted octanol–water partition coefficient (Wildman–Crippen LogP) is 7.92. The van der Waals surface area contributed by atoms with Crippen LogP contribution in [0.1, 0.15) is 94.2 Å². The van der Waals surface area contributed by atoms with Gasteiger partial charge < -0.3 is 55.9 Å². The molecule has 0 bridgehead atoms. The quantitative estimate of drug-likeness (QED) is 0.131. The number of aryl methyl sites for hydroxylation is 6. The molecule has 6 fully saturated rings. The highest BCUT2D eigenvalue weighted by Crippen LogP contribution is 2.16. The molecule has 6 saturated heterocycles. The molecule has 0 N–H and O–H groups in total. The first kappa shape index (κ1) is 63.8. The molecule has 0 aliphatic carbocycles. The third-order valence-corrected chi connectivity index (χ3v) is 13.9. The second-order valence-corrected chi connectivity index (χ2v) is 21.8. The Kier molecular flexibility index (Phi) is 25.9. The number of hydrogen-bond acceptors (Lipinski definition) is 12. The molecular formula is C63H84B6O12. The Hall–Kier alpha value is -4.77. The van der Waals surface area contributed by atoms with Crippen LogP contribution in [0, 0.1) is 41.5 Å². The molecule has 6 heterocycles. The lowest BCUT2D eigenvalue weighted by Gasteiger charge is -2.08. The number of rotatable bonds is 9. The smallest absolute Gasteiger partial charge is 0.405 e. The van der Waals surface area contributed by atoms with E-state index in [1.54, 1.807) is 0 Å². The zero-order valence-electron chi connectivity index (χ0n) is 50.0. The summed E-state index contributed by atoms with van der Waals surface area (Å²) in [5.74, 6) is 0. The first-order valence-electron chi connectivity index (χ1n) is 29.2. The van der Waals surface area contributed by atoms with Crippen molar-refractivity contribution in [3.8, 4) is 0 Å². The monoisotopic (exact) mass is 1100 g/mol. The van der Waals surface area contributed by atoms with E-state index in [1.807, 2.05) is 112 Å². The third kappa shape index (κ3) is 20.8. The maximum atomic E-state index is 5.78. The van der Waals surface area contributed by atoms with Gasteiger partial charge in [0.2, 0.25) is 0 Å². The molecule has 0 spiro atoms. The molecular weight excluding hydrogens is 1010 g/mol. The topological polar surface area (TPSA) is 111 Å². The average molecular weight is 1100 g/mol. The second-order valence-electron chi connectivity index (χ2n) is 21.8. The van der Waals surface area contributed by atoms with Gasteiger partial charge in [-0.05, 0) is 114 Å². The van der Waals surface area contributed by atoms with Crippen LogP contribution in [0.25, 0.3) is 0 Å². The summed E-state index contributed by atoms with van der Waals surface area (Å²) in [7, 11) is -0.931. The van der Waals surface area contributed by atoms with Crippen molar-refractivity contribution >= 4 is 75.5 Å². The normalized spacial score (nSPS) is 21.9. The van der Waals surface area contributed by atoms with Crippen LogP contribution in [0.5, 0.6) is 0 Å². The van der Waals surface area contributed by atoms with Crippen molar-refractivity contribution in [1.29, 1.82) is 0 Å². The predicted molar refractivity (Wildman–Crippen MR) is 332 cm³/mol. The van der Waals surface area contributed by atoms with Gasteiger partial charge in [0.1, 0.15) is 0 Å². The Morgan fingerprint density at radius 3 is 0.704 bits per heavy atom. The van der Waals surface area contributed by atoms with Gasteiger partial charge in [0, 0.05) is 0 Å². The maximum absolute atomic E-state index is 5.78. The van der Waals surface area contributed by atoms with Crippen LogP contribution in [-0.4, -0.2) is 119 Å². The highest BCUT2D eigenvalue weighted by atomic mass is 16.7. The Balaban J connectivity index is 0.000000140. The van der Waals surface area contributed by atoms with Gasteiger partial charge in [0.05, 0.1) is 76.3 Å². The molecule has 0 amide bonds. The van der Waals surface area contributed by atoms with Crippen molar-refractivity contribution in [1.82, 2.24) is 0 Å². The van der Waals surface area contributed by atoms with Crippen molar-refractivity contribution in [2.45, 2.75) is 139 Å². The van der Waals surface area contributed by atoms with E-state index in [0.717, 1.165) is 65.3 Å². The van der Waals surface area contributed by atoms with Crippen molar-refractivity contribution in [2.24, 2.45) is 0 Å². The third-order valence-electron chi connectivity index (χ3n) is 13.9. The van der Waals surface area contributed by atoms with Gasteiger partial charge in [0.15, 0.2) is 0 Å². The summed E-state index contributed by atoms with van der Waals surface area (Å²) >= 11 is 0. The minimum atomic E-state index is -0.163. The van der Waals surface area contributed by atoms with Crippen LogP contribution in [-0.2, 0) is 55.9 Å². The minimum absolute atomic E-state index is 0.147. The molecule has 18 heteroatoms. The van der Waals surface area contributed by atoms with Crippen molar-refractivity contribution in [3.05, 3.63) is 179 Å². The summed E-state index contributed by atoms with van der Waals surface area (Å²) in [5, 5.41) is 0. The van der Waals surface area contributed by atoms with Crippen LogP contribution >= 0.6 is 0 Å². The van der Waals surface area contributed by atoms with Gasteiger partial charge in [-0.3, -0.25) is 0 Å². The fourth-order valence-electron chi connectivity index (χ4n) is 9.84. The lowest BCUT2D eigenvalue weighted by molar-refractivity contribution is 0.230. The average Bonchev–Trinajstić information content (AvgIpc) is 4.40. The zero-order valence-corrected chi connectivity index (χ0v) is 50.0. The van der Waals surface area contributed by atoms with Crippen LogP contribution in [0.3, 0.4) is 0 Å². The van der Waals surface area contributed by atoms with E-state index in [9.17, 15) is 0 Å². The van der Waals surface area contributed by atoms with Crippen LogP contribution in [0.4, 0.5) is 0 Å². The Bertz CT molecular complexity index is 2580. The highest BCUT2D eigenvalue weighted by Gasteiger charge is 2.35. The van der Waals surface area contributed by atoms with E-state index in [0.29, 0.717) is 26.4 Å². The molecule has 6 aliphatic rings. The van der Waals surface area contributed by atoms with Gasteiger partial charge in [0.25, 0.3) is 0 Å². The van der Waals surface area contributed by atoms with E-state index >= 15 is 0 Å². The summed E-state index contributed by atoms with van der Waals surface area (Å²) in [6.07, 6.45) is 4.48. The molecule has 81 heavy (non-hydrogen) atoms. The molecule has 0 aromatic heterocycles. The second kappa shape index (κ2) is 32.9. The molecule has 426 valence electrons. The minimum Gasteiger partial charge on any atom is -0.405 e. The molecule has 6 unspecified atom stereocenters. The molecule has 0 radical (unpaired) electrons. The van der Waals surface area contributed by atoms with Crippen molar-refractivity contribution in [3.63, 3.8) is 0 Å². The highest BCUT2D eigenvalue weighted by molar-refractivity contribution is 6.64. The summed E-state index contributed by atoms with van der Waals surface area (Å²) in [6, 6.07) is 49.3. The summed E-state index contributed by atoms with van der Waals surface area (Å²) in [6.45, 7) is 29.2. The van der Waals surface area contributed by atoms with Crippen molar-refractivity contribution < 1.29 is 55.9 Å². The fraction of sp³-hybridized carbons (Fsp3) is 0.429. The van der Waals surface area contributed by atoms with E-state index in [-0.39, 0.29) is 79.3 Å². The largest absolute Gasteiger partial charge is 0.494 e. The summed E-state index contributed by atoms with van der Waals surface area (Å²) in [4.78, 5) is 0. The molecule has 6 aliphatic heterocycles. The van der Waals surface area contributed by atoms with E-state index < -0.39 is 0 Å². The van der Waals surface area contributed by atoms with Gasteiger partial charge in [-0.15, -0.1) is 0 Å². The lowest BCUT2D eigenvalue weighted by Crippen LogP contribution is -2.32. The first-order chi connectivity index (χ1) is 39.1. The first-order valence-corrected chi connectivity index (χ1v) is 29.2. The molecule has 6 aromatic carbocycles. The summed E-state index contributed by atoms with van der Waals surface area (Å²) < 4.78 is 67.1. The van der Waals surface area contributed by atoms with Gasteiger partial charge >= 0.3 is 42.7 Å². The SMILES string of the molecule is CC1COB(c2ccccc2)O1.CCC1COB(c2cc(C)cc(C)c2)O1.CCC1COB(c2ccccc2)O1.CCC1COB(c2ccccc2)O1.Cc1cc(C)cc(B2OCC(C)O2)c1.Cc1cc(C)cc(B2OCC(C)O2)c1. The summed E-state index contributed by atoms with van der Waals surface area (Å²) in [5.41, 5.74) is 14.3. The Labute approximate surface area is 486 Å². The van der Waals surface area contributed by atoms with Gasteiger partial charge in [-0.1, -0.05) is 200 Å². The number of hydrogen-bond donors (Lipinski definition) is 0. The Morgan fingerprint density at radius 1 is 0.284 bits per heavy atom. The molecule has 12 rings (SSSR count). The maximum Gasteiger partial charge on any atom is 0.494 e. The molecule has 6 atom stereocenters. The zero-order chi connectivity index (χ0) is 57.7. The van der Waals surface area contributed by atoms with Gasteiger partial charge in [-0.25, -0.2) is 0 Å². The van der Waals surface area contributed by atoms with Crippen LogP contribution < -0.4 is 32.8 Å². The van der Waals surface area contributed by atoms with Gasteiger partial charge in [-0.2, -0.15) is 0 Å². The van der Waals surface area contributed by atoms with Crippen LogP contribution in [0.2, 0.25) is 0 Å². The van der Waals surface area contributed by atoms with E-state index in [1.165, 1.54) is 33.4 Å². The fourth-order valence-corrected chi connectivity index (χ4v) is 9.84. The number of benzene rings is 6. The van der Waals surface area contributed by atoms with E-state index in [2.05, 4.69) is 117 Å². The van der Waals surface area contributed by atoms with Crippen molar-refractivity contribution in [2.75, 3.05) is 39.6 Å². The molecule has 0 saturated carbocycles.